The lowest BCUT2D eigenvalue weighted by molar-refractivity contribution is 0.494. The van der Waals surface area contributed by atoms with E-state index >= 15 is 0 Å². The first-order valence-electron chi connectivity index (χ1n) is 5.70. The molecule has 0 spiro atoms. The summed E-state index contributed by atoms with van der Waals surface area (Å²) in [7, 11) is 0. The summed E-state index contributed by atoms with van der Waals surface area (Å²) in [6, 6.07) is 4.56. The van der Waals surface area contributed by atoms with Crippen molar-refractivity contribution in [2.45, 2.75) is 46.5 Å². The lowest BCUT2D eigenvalue weighted by Crippen LogP contribution is -2.04. The SMILES string of the molecule is Cc1ccc(C)c2c1CC[C@H]2C(C)C. The molecule has 2 rings (SSSR count). The maximum atomic E-state index is 2.35. The summed E-state index contributed by atoms with van der Waals surface area (Å²) in [4.78, 5) is 0. The Bertz CT molecular complexity index is 347. The van der Waals surface area contributed by atoms with Crippen molar-refractivity contribution in [3.63, 3.8) is 0 Å². The van der Waals surface area contributed by atoms with Gasteiger partial charge in [0.2, 0.25) is 0 Å². The zero-order valence-corrected chi connectivity index (χ0v) is 9.72. The lowest BCUT2D eigenvalue weighted by atomic mass is 9.87. The fraction of sp³-hybridized carbons (Fsp3) is 0.571. The number of benzene rings is 1. The molecule has 76 valence electrons. The lowest BCUT2D eigenvalue weighted by Gasteiger charge is -2.18. The van der Waals surface area contributed by atoms with Gasteiger partial charge in [-0.05, 0) is 60.8 Å². The molecule has 1 aliphatic carbocycles. The zero-order valence-electron chi connectivity index (χ0n) is 9.72. The molecule has 0 radical (unpaired) electrons. The van der Waals surface area contributed by atoms with Crippen LogP contribution in [0.4, 0.5) is 0 Å². The average molecular weight is 188 g/mol. The number of aryl methyl sites for hydroxylation is 2. The van der Waals surface area contributed by atoms with E-state index in [0.717, 1.165) is 11.8 Å². The third kappa shape index (κ3) is 1.37. The standard InChI is InChI=1S/C14H20/c1-9(2)12-7-8-13-10(3)5-6-11(4)14(12)13/h5-6,9,12H,7-8H2,1-4H3/t12-/m0/s1. The van der Waals surface area contributed by atoms with Crippen molar-refractivity contribution in [3.05, 3.63) is 34.4 Å². The Morgan fingerprint density at radius 1 is 1.14 bits per heavy atom. The Morgan fingerprint density at radius 2 is 1.79 bits per heavy atom. The number of hydrogen-bond donors (Lipinski definition) is 0. The molecular weight excluding hydrogens is 168 g/mol. The van der Waals surface area contributed by atoms with E-state index in [9.17, 15) is 0 Å². The minimum absolute atomic E-state index is 0.789. The highest BCUT2D eigenvalue weighted by atomic mass is 14.3. The van der Waals surface area contributed by atoms with Crippen molar-refractivity contribution in [3.8, 4) is 0 Å². The van der Waals surface area contributed by atoms with Gasteiger partial charge in [0.1, 0.15) is 0 Å². The van der Waals surface area contributed by atoms with Crippen LogP contribution in [0.3, 0.4) is 0 Å². The van der Waals surface area contributed by atoms with Gasteiger partial charge in [0.25, 0.3) is 0 Å². The van der Waals surface area contributed by atoms with Crippen LogP contribution in [0.1, 0.15) is 48.4 Å². The summed E-state index contributed by atoms with van der Waals surface area (Å²) in [5.74, 6) is 1.60. The molecule has 0 aliphatic heterocycles. The Labute approximate surface area is 87.3 Å². The van der Waals surface area contributed by atoms with Gasteiger partial charge in [0.15, 0.2) is 0 Å². The van der Waals surface area contributed by atoms with Crippen molar-refractivity contribution < 1.29 is 0 Å². The van der Waals surface area contributed by atoms with Crippen LogP contribution in [0.15, 0.2) is 12.1 Å². The van der Waals surface area contributed by atoms with Gasteiger partial charge in [0.05, 0.1) is 0 Å². The summed E-state index contributed by atoms with van der Waals surface area (Å²) in [6.45, 7) is 9.21. The van der Waals surface area contributed by atoms with E-state index in [0.29, 0.717) is 0 Å². The van der Waals surface area contributed by atoms with Crippen LogP contribution in [0, 0.1) is 19.8 Å². The smallest absolute Gasteiger partial charge is 0.0130 e. The largest absolute Gasteiger partial charge is 0.0622 e. The molecule has 0 N–H and O–H groups in total. The Hall–Kier alpha value is -0.780. The average Bonchev–Trinajstić information content (AvgIpc) is 2.56. The van der Waals surface area contributed by atoms with Gasteiger partial charge in [0, 0.05) is 0 Å². The molecule has 1 aromatic carbocycles. The number of hydrogen-bond acceptors (Lipinski definition) is 0. The van der Waals surface area contributed by atoms with E-state index < -0.39 is 0 Å². The molecule has 0 amide bonds. The molecule has 0 fully saturated rings. The third-order valence-electron chi connectivity index (χ3n) is 3.69. The van der Waals surface area contributed by atoms with Crippen LogP contribution in [-0.2, 0) is 6.42 Å². The van der Waals surface area contributed by atoms with Crippen LogP contribution >= 0.6 is 0 Å². The van der Waals surface area contributed by atoms with Crippen LogP contribution in [0.5, 0.6) is 0 Å². The second-order valence-corrected chi connectivity index (χ2v) is 4.98. The normalized spacial score (nSPS) is 20.2. The maximum Gasteiger partial charge on any atom is -0.0130 e. The van der Waals surface area contributed by atoms with E-state index in [1.54, 1.807) is 11.1 Å². The monoisotopic (exact) mass is 188 g/mol. The molecule has 0 aromatic heterocycles. The fourth-order valence-electron chi connectivity index (χ4n) is 2.85. The van der Waals surface area contributed by atoms with Gasteiger partial charge in [-0.3, -0.25) is 0 Å². The topological polar surface area (TPSA) is 0 Å². The fourth-order valence-corrected chi connectivity index (χ4v) is 2.85. The van der Waals surface area contributed by atoms with E-state index in [-0.39, 0.29) is 0 Å². The molecule has 0 saturated heterocycles. The van der Waals surface area contributed by atoms with E-state index in [4.69, 9.17) is 0 Å². The first-order chi connectivity index (χ1) is 6.61. The van der Waals surface area contributed by atoms with Gasteiger partial charge in [-0.2, -0.15) is 0 Å². The van der Waals surface area contributed by atoms with Crippen molar-refractivity contribution in [2.24, 2.45) is 5.92 Å². The highest BCUT2D eigenvalue weighted by molar-refractivity contribution is 5.45. The minimum atomic E-state index is 0.789. The molecule has 1 aliphatic rings. The van der Waals surface area contributed by atoms with E-state index in [2.05, 4.69) is 39.8 Å². The zero-order chi connectivity index (χ0) is 10.3. The van der Waals surface area contributed by atoms with Crippen molar-refractivity contribution in [1.82, 2.24) is 0 Å². The highest BCUT2D eigenvalue weighted by Crippen LogP contribution is 2.41. The van der Waals surface area contributed by atoms with Gasteiger partial charge >= 0.3 is 0 Å². The maximum absolute atomic E-state index is 2.35. The van der Waals surface area contributed by atoms with Crippen molar-refractivity contribution in [2.75, 3.05) is 0 Å². The summed E-state index contributed by atoms with van der Waals surface area (Å²) < 4.78 is 0. The van der Waals surface area contributed by atoms with Crippen LogP contribution in [0.25, 0.3) is 0 Å². The number of rotatable bonds is 1. The summed E-state index contributed by atoms with van der Waals surface area (Å²) >= 11 is 0. The van der Waals surface area contributed by atoms with E-state index in [1.165, 1.54) is 24.0 Å². The second-order valence-electron chi connectivity index (χ2n) is 4.98. The molecule has 0 heteroatoms. The van der Waals surface area contributed by atoms with Crippen molar-refractivity contribution >= 4 is 0 Å². The molecular formula is C14H20. The molecule has 0 unspecified atom stereocenters. The molecule has 0 saturated carbocycles. The molecule has 0 bridgehead atoms. The minimum Gasteiger partial charge on any atom is -0.0622 e. The number of fused-ring (bicyclic) bond motifs is 1. The summed E-state index contributed by atoms with van der Waals surface area (Å²) in [6.07, 6.45) is 2.66. The van der Waals surface area contributed by atoms with Gasteiger partial charge in [-0.25, -0.2) is 0 Å². The molecule has 1 aromatic rings. The molecule has 0 nitrogen and oxygen atoms in total. The van der Waals surface area contributed by atoms with Crippen LogP contribution in [-0.4, -0.2) is 0 Å². The molecule has 0 heterocycles. The Balaban J connectivity index is 2.53. The Morgan fingerprint density at radius 3 is 2.43 bits per heavy atom. The summed E-state index contributed by atoms with van der Waals surface area (Å²) in [5.41, 5.74) is 6.30. The summed E-state index contributed by atoms with van der Waals surface area (Å²) in [5, 5.41) is 0. The van der Waals surface area contributed by atoms with E-state index in [1.807, 2.05) is 0 Å². The first kappa shape index (κ1) is 9.76. The molecule has 1 atom stereocenters. The predicted molar refractivity (Wildman–Crippen MR) is 61.8 cm³/mol. The van der Waals surface area contributed by atoms with Crippen LogP contribution < -0.4 is 0 Å². The van der Waals surface area contributed by atoms with Gasteiger partial charge in [-0.1, -0.05) is 26.0 Å². The predicted octanol–water partition coefficient (Wildman–Crippen LogP) is 3.99. The Kier molecular flexibility index (Phi) is 2.38. The van der Waals surface area contributed by atoms with Crippen LogP contribution in [0.2, 0.25) is 0 Å². The first-order valence-corrected chi connectivity index (χ1v) is 5.70. The van der Waals surface area contributed by atoms with Gasteiger partial charge in [-0.15, -0.1) is 0 Å². The molecule has 14 heavy (non-hydrogen) atoms. The third-order valence-corrected chi connectivity index (χ3v) is 3.69. The highest BCUT2D eigenvalue weighted by Gasteiger charge is 2.27. The quantitative estimate of drug-likeness (QED) is 0.625. The second kappa shape index (κ2) is 3.42. The van der Waals surface area contributed by atoms with Gasteiger partial charge < -0.3 is 0 Å². The van der Waals surface area contributed by atoms with Crippen molar-refractivity contribution in [1.29, 1.82) is 0 Å².